The first-order chi connectivity index (χ1) is 7.68. The summed E-state index contributed by atoms with van der Waals surface area (Å²) in [6.45, 7) is 4.46. The van der Waals surface area contributed by atoms with E-state index >= 15 is 0 Å². The molecule has 3 aliphatic rings. The van der Waals surface area contributed by atoms with Crippen LogP contribution in [0.4, 0.5) is 0 Å². The van der Waals surface area contributed by atoms with Crippen molar-refractivity contribution in [1.82, 2.24) is 4.90 Å². The van der Waals surface area contributed by atoms with Gasteiger partial charge in [-0.05, 0) is 44.4 Å². The van der Waals surface area contributed by atoms with Gasteiger partial charge in [-0.2, -0.15) is 0 Å². The van der Waals surface area contributed by atoms with E-state index in [0.29, 0.717) is 29.8 Å². The molecule has 0 bridgehead atoms. The summed E-state index contributed by atoms with van der Waals surface area (Å²) in [6, 6.07) is 1.11. The van der Waals surface area contributed by atoms with Crippen molar-refractivity contribution in [2.75, 3.05) is 0 Å². The number of carbonyl (C=O) groups is 1. The molecular formula is C14H23NO. The molecule has 0 N–H and O–H groups in total. The molecule has 2 nitrogen and oxygen atoms in total. The first-order valence-electron chi connectivity index (χ1n) is 7.00. The van der Waals surface area contributed by atoms with Crippen molar-refractivity contribution in [2.24, 2.45) is 17.8 Å². The Bertz CT molecular complexity index is 301. The number of nitrogens with zero attached hydrogens (tertiary/aromatic N) is 1. The summed E-state index contributed by atoms with van der Waals surface area (Å²) in [6.07, 6.45) is 7.74. The molecule has 0 radical (unpaired) electrons. The van der Waals surface area contributed by atoms with Crippen LogP contribution < -0.4 is 0 Å². The van der Waals surface area contributed by atoms with Gasteiger partial charge in [-0.1, -0.05) is 19.8 Å². The lowest BCUT2D eigenvalue weighted by Gasteiger charge is -2.33. The topological polar surface area (TPSA) is 20.3 Å². The Labute approximate surface area is 98.4 Å². The second kappa shape index (κ2) is 3.75. The number of hydrogen-bond donors (Lipinski definition) is 0. The van der Waals surface area contributed by atoms with Gasteiger partial charge in [0.15, 0.2) is 0 Å². The molecule has 90 valence electrons. The van der Waals surface area contributed by atoms with E-state index in [1.807, 2.05) is 0 Å². The van der Waals surface area contributed by atoms with Crippen molar-refractivity contribution in [1.29, 1.82) is 0 Å². The maximum Gasteiger partial charge on any atom is 0.226 e. The second-order valence-electron chi connectivity index (χ2n) is 6.26. The number of fused-ring (bicyclic) bond motifs is 1. The average Bonchev–Trinajstić information content (AvgIpc) is 2.89. The zero-order chi connectivity index (χ0) is 11.3. The molecule has 0 aromatic heterocycles. The van der Waals surface area contributed by atoms with Crippen molar-refractivity contribution in [3.05, 3.63) is 0 Å². The lowest BCUT2D eigenvalue weighted by atomic mass is 9.85. The minimum absolute atomic E-state index is 0.378. The van der Waals surface area contributed by atoms with Crippen LogP contribution >= 0.6 is 0 Å². The summed E-state index contributed by atoms with van der Waals surface area (Å²) in [5, 5.41) is 0. The van der Waals surface area contributed by atoms with Gasteiger partial charge in [0.1, 0.15) is 0 Å². The Kier molecular flexibility index (Phi) is 2.49. The number of amides is 1. The maximum atomic E-state index is 12.4. The van der Waals surface area contributed by atoms with Gasteiger partial charge >= 0.3 is 0 Å². The Hall–Kier alpha value is -0.530. The monoisotopic (exact) mass is 221 g/mol. The molecule has 2 aliphatic carbocycles. The smallest absolute Gasteiger partial charge is 0.226 e. The van der Waals surface area contributed by atoms with Crippen LogP contribution in [0.1, 0.15) is 52.4 Å². The Morgan fingerprint density at radius 3 is 2.50 bits per heavy atom. The van der Waals surface area contributed by atoms with Crippen molar-refractivity contribution in [2.45, 2.75) is 64.5 Å². The van der Waals surface area contributed by atoms with Crippen LogP contribution in [0.2, 0.25) is 0 Å². The molecule has 3 fully saturated rings. The molecule has 5 atom stereocenters. The summed E-state index contributed by atoms with van der Waals surface area (Å²) in [5.41, 5.74) is 0. The fourth-order valence-corrected chi connectivity index (χ4v) is 3.95. The SMILES string of the molecule is CC1CC1C(=O)N1C(C)CC2CCCCC21. The first kappa shape index (κ1) is 10.6. The van der Waals surface area contributed by atoms with Crippen molar-refractivity contribution in [3.8, 4) is 0 Å². The van der Waals surface area contributed by atoms with Crippen LogP contribution in [0.25, 0.3) is 0 Å². The van der Waals surface area contributed by atoms with Crippen molar-refractivity contribution < 1.29 is 4.79 Å². The van der Waals surface area contributed by atoms with Crippen LogP contribution in [-0.2, 0) is 4.79 Å². The lowest BCUT2D eigenvalue weighted by molar-refractivity contribution is -0.136. The minimum Gasteiger partial charge on any atom is -0.336 e. The van der Waals surface area contributed by atoms with Crippen LogP contribution in [-0.4, -0.2) is 22.9 Å². The van der Waals surface area contributed by atoms with E-state index in [0.717, 1.165) is 12.3 Å². The molecule has 0 aromatic rings. The lowest BCUT2D eigenvalue weighted by Crippen LogP contribution is -2.43. The fourth-order valence-electron chi connectivity index (χ4n) is 3.95. The quantitative estimate of drug-likeness (QED) is 0.666. The molecule has 2 saturated carbocycles. The average molecular weight is 221 g/mol. The highest BCUT2D eigenvalue weighted by atomic mass is 16.2. The van der Waals surface area contributed by atoms with Gasteiger partial charge in [-0.3, -0.25) is 4.79 Å². The third-order valence-corrected chi connectivity index (χ3v) is 5.03. The predicted octanol–water partition coefficient (Wildman–Crippen LogP) is 2.82. The normalized spacial score (nSPS) is 46.6. The highest BCUT2D eigenvalue weighted by Gasteiger charge is 2.49. The van der Waals surface area contributed by atoms with E-state index in [1.54, 1.807) is 0 Å². The van der Waals surface area contributed by atoms with Gasteiger partial charge < -0.3 is 4.90 Å². The molecule has 0 aromatic carbocycles. The van der Waals surface area contributed by atoms with Gasteiger partial charge in [0.05, 0.1) is 0 Å². The Morgan fingerprint density at radius 1 is 1.12 bits per heavy atom. The van der Waals surface area contributed by atoms with E-state index in [9.17, 15) is 4.79 Å². The van der Waals surface area contributed by atoms with E-state index in [2.05, 4.69) is 18.7 Å². The van der Waals surface area contributed by atoms with Gasteiger partial charge in [-0.15, -0.1) is 0 Å². The number of carbonyl (C=O) groups excluding carboxylic acids is 1. The molecule has 2 heteroatoms. The minimum atomic E-state index is 0.378. The number of rotatable bonds is 1. The Morgan fingerprint density at radius 2 is 1.81 bits per heavy atom. The van der Waals surface area contributed by atoms with E-state index in [4.69, 9.17) is 0 Å². The number of hydrogen-bond acceptors (Lipinski definition) is 1. The summed E-state index contributed by atoms with van der Waals surface area (Å²) in [7, 11) is 0. The maximum absolute atomic E-state index is 12.4. The van der Waals surface area contributed by atoms with Gasteiger partial charge in [0, 0.05) is 18.0 Å². The Balaban J connectivity index is 1.75. The molecule has 1 amide bonds. The van der Waals surface area contributed by atoms with Crippen LogP contribution in [0, 0.1) is 17.8 Å². The van der Waals surface area contributed by atoms with Crippen LogP contribution in [0.15, 0.2) is 0 Å². The third-order valence-electron chi connectivity index (χ3n) is 5.03. The summed E-state index contributed by atoms with van der Waals surface area (Å²) < 4.78 is 0. The second-order valence-corrected chi connectivity index (χ2v) is 6.26. The molecule has 1 heterocycles. The summed E-state index contributed by atoms with van der Waals surface area (Å²) >= 11 is 0. The zero-order valence-corrected chi connectivity index (χ0v) is 10.5. The van der Waals surface area contributed by atoms with Gasteiger partial charge in [0.2, 0.25) is 5.91 Å². The largest absolute Gasteiger partial charge is 0.336 e. The standard InChI is InChI=1S/C14H23NO/c1-9-7-12(9)14(16)15-10(2)8-11-5-3-4-6-13(11)15/h9-13H,3-8H2,1-2H3. The van der Waals surface area contributed by atoms with E-state index < -0.39 is 0 Å². The summed E-state index contributed by atoms with van der Waals surface area (Å²) in [5.74, 6) is 2.33. The number of likely N-dealkylation sites (tertiary alicyclic amines) is 1. The van der Waals surface area contributed by atoms with Crippen molar-refractivity contribution in [3.63, 3.8) is 0 Å². The van der Waals surface area contributed by atoms with E-state index in [-0.39, 0.29) is 0 Å². The molecule has 1 aliphatic heterocycles. The van der Waals surface area contributed by atoms with Crippen LogP contribution in [0.5, 0.6) is 0 Å². The highest BCUT2D eigenvalue weighted by Crippen LogP contribution is 2.45. The van der Waals surface area contributed by atoms with Gasteiger partial charge in [-0.25, -0.2) is 0 Å². The van der Waals surface area contributed by atoms with Gasteiger partial charge in [0.25, 0.3) is 0 Å². The molecule has 16 heavy (non-hydrogen) atoms. The molecule has 3 rings (SSSR count). The van der Waals surface area contributed by atoms with E-state index in [1.165, 1.54) is 32.1 Å². The van der Waals surface area contributed by atoms with Crippen LogP contribution in [0.3, 0.4) is 0 Å². The highest BCUT2D eigenvalue weighted by molar-refractivity contribution is 5.82. The molecule has 5 unspecified atom stereocenters. The first-order valence-corrected chi connectivity index (χ1v) is 7.00. The van der Waals surface area contributed by atoms with Crippen molar-refractivity contribution >= 4 is 5.91 Å². The molecule has 1 saturated heterocycles. The zero-order valence-electron chi connectivity index (χ0n) is 10.5. The third kappa shape index (κ3) is 1.57. The predicted molar refractivity (Wildman–Crippen MR) is 63.9 cm³/mol. The fraction of sp³-hybridized carbons (Fsp3) is 0.929. The molecule has 0 spiro atoms. The summed E-state index contributed by atoms with van der Waals surface area (Å²) in [4.78, 5) is 14.7. The molecular weight excluding hydrogens is 198 g/mol.